The Morgan fingerprint density at radius 1 is 1.50 bits per heavy atom. The Kier molecular flexibility index (Phi) is 3.54. The molecule has 1 aromatic carbocycles. The van der Waals surface area contributed by atoms with Crippen molar-refractivity contribution in [1.82, 2.24) is 0 Å². The van der Waals surface area contributed by atoms with Crippen molar-refractivity contribution in [1.29, 1.82) is 0 Å². The standard InChI is InChI=1S/C13H17FN2OS/c1-13(2)8-17-7-6-16(13)10-5-3-4-9(14)11(10)12(15)18/h3-5H,6-8H2,1-2H3,(H2,15,18). The second kappa shape index (κ2) is 4.82. The van der Waals surface area contributed by atoms with Crippen LogP contribution in [-0.4, -0.2) is 30.3 Å². The molecule has 1 aliphatic heterocycles. The van der Waals surface area contributed by atoms with Crippen molar-refractivity contribution in [2.75, 3.05) is 24.7 Å². The van der Waals surface area contributed by atoms with Gasteiger partial charge in [0.15, 0.2) is 0 Å². The number of rotatable bonds is 2. The number of anilines is 1. The number of ether oxygens (including phenoxy) is 1. The number of nitrogens with two attached hydrogens (primary N) is 1. The summed E-state index contributed by atoms with van der Waals surface area (Å²) in [6.07, 6.45) is 0. The SMILES string of the molecule is CC1(C)COCCN1c1cccc(F)c1C(N)=S. The molecule has 1 aromatic rings. The van der Waals surface area contributed by atoms with E-state index in [1.54, 1.807) is 6.07 Å². The second-order valence-electron chi connectivity index (χ2n) is 5.01. The van der Waals surface area contributed by atoms with Gasteiger partial charge in [0.05, 0.1) is 30.0 Å². The van der Waals surface area contributed by atoms with Gasteiger partial charge in [-0.05, 0) is 26.0 Å². The first-order valence-corrected chi connectivity index (χ1v) is 6.28. The number of nitrogens with zero attached hydrogens (tertiary/aromatic N) is 1. The van der Waals surface area contributed by atoms with Crippen LogP contribution in [0.4, 0.5) is 10.1 Å². The number of hydrogen-bond donors (Lipinski definition) is 1. The summed E-state index contributed by atoms with van der Waals surface area (Å²) in [5.41, 5.74) is 6.51. The van der Waals surface area contributed by atoms with E-state index in [0.717, 1.165) is 5.69 Å². The lowest BCUT2D eigenvalue weighted by atomic mass is 9.99. The fourth-order valence-corrected chi connectivity index (χ4v) is 2.49. The third-order valence-corrected chi connectivity index (χ3v) is 3.38. The van der Waals surface area contributed by atoms with Crippen LogP contribution in [0.1, 0.15) is 19.4 Å². The lowest BCUT2D eigenvalue weighted by Crippen LogP contribution is -2.53. The highest BCUT2D eigenvalue weighted by molar-refractivity contribution is 7.80. The molecule has 0 spiro atoms. The molecule has 2 rings (SSSR count). The average Bonchev–Trinajstić information content (AvgIpc) is 2.27. The smallest absolute Gasteiger partial charge is 0.135 e. The minimum atomic E-state index is -0.373. The van der Waals surface area contributed by atoms with Crippen LogP contribution in [0.5, 0.6) is 0 Å². The molecule has 0 saturated carbocycles. The highest BCUT2D eigenvalue weighted by Gasteiger charge is 2.32. The van der Waals surface area contributed by atoms with Crippen molar-refractivity contribution in [3.8, 4) is 0 Å². The van der Waals surface area contributed by atoms with Gasteiger partial charge in [0.25, 0.3) is 0 Å². The normalized spacial score (nSPS) is 18.7. The fourth-order valence-electron chi connectivity index (χ4n) is 2.29. The molecule has 1 saturated heterocycles. The zero-order valence-corrected chi connectivity index (χ0v) is 11.4. The molecule has 5 heteroatoms. The van der Waals surface area contributed by atoms with Gasteiger partial charge in [-0.2, -0.15) is 0 Å². The first-order chi connectivity index (χ1) is 8.43. The maximum absolute atomic E-state index is 13.9. The van der Waals surface area contributed by atoms with Crippen molar-refractivity contribution in [3.05, 3.63) is 29.6 Å². The van der Waals surface area contributed by atoms with Gasteiger partial charge in [0.1, 0.15) is 10.8 Å². The van der Waals surface area contributed by atoms with Gasteiger partial charge in [-0.1, -0.05) is 18.3 Å². The third-order valence-electron chi connectivity index (χ3n) is 3.17. The summed E-state index contributed by atoms with van der Waals surface area (Å²) >= 11 is 4.96. The van der Waals surface area contributed by atoms with Gasteiger partial charge in [-0.25, -0.2) is 4.39 Å². The molecule has 1 fully saturated rings. The zero-order valence-electron chi connectivity index (χ0n) is 10.6. The van der Waals surface area contributed by atoms with Gasteiger partial charge in [0.2, 0.25) is 0 Å². The third kappa shape index (κ3) is 2.33. The predicted molar refractivity (Wildman–Crippen MR) is 74.5 cm³/mol. The molecule has 0 aliphatic carbocycles. The lowest BCUT2D eigenvalue weighted by molar-refractivity contribution is 0.0643. The molecule has 0 amide bonds. The van der Waals surface area contributed by atoms with E-state index in [1.807, 2.05) is 6.07 Å². The summed E-state index contributed by atoms with van der Waals surface area (Å²) in [6, 6.07) is 4.91. The molecular weight excluding hydrogens is 251 g/mol. The molecule has 0 bridgehead atoms. The molecule has 1 aliphatic rings. The van der Waals surface area contributed by atoms with Crippen LogP contribution in [0.2, 0.25) is 0 Å². The number of hydrogen-bond acceptors (Lipinski definition) is 3. The van der Waals surface area contributed by atoms with E-state index < -0.39 is 0 Å². The summed E-state index contributed by atoms with van der Waals surface area (Å²) in [6.45, 7) is 6.03. The van der Waals surface area contributed by atoms with Crippen molar-refractivity contribution >= 4 is 22.9 Å². The number of morpholine rings is 1. The minimum Gasteiger partial charge on any atom is -0.389 e. The van der Waals surface area contributed by atoms with Crippen LogP contribution in [-0.2, 0) is 4.74 Å². The summed E-state index contributed by atoms with van der Waals surface area (Å²) in [5, 5.41) is 0. The first-order valence-electron chi connectivity index (χ1n) is 5.87. The van der Waals surface area contributed by atoms with Crippen LogP contribution in [0.25, 0.3) is 0 Å². The van der Waals surface area contributed by atoms with Gasteiger partial charge in [-0.15, -0.1) is 0 Å². The summed E-state index contributed by atoms with van der Waals surface area (Å²) in [4.78, 5) is 2.19. The van der Waals surface area contributed by atoms with E-state index in [0.29, 0.717) is 25.3 Å². The van der Waals surface area contributed by atoms with E-state index in [2.05, 4.69) is 18.7 Å². The zero-order chi connectivity index (χ0) is 13.3. The highest BCUT2D eigenvalue weighted by Crippen LogP contribution is 2.31. The number of benzene rings is 1. The van der Waals surface area contributed by atoms with Crippen LogP contribution in [0.15, 0.2) is 18.2 Å². The second-order valence-corrected chi connectivity index (χ2v) is 5.45. The maximum atomic E-state index is 13.9. The van der Waals surface area contributed by atoms with E-state index in [1.165, 1.54) is 6.07 Å². The lowest BCUT2D eigenvalue weighted by Gasteiger charge is -2.44. The fraction of sp³-hybridized carbons (Fsp3) is 0.462. The number of halogens is 1. The quantitative estimate of drug-likeness (QED) is 0.833. The molecule has 0 aromatic heterocycles. The molecule has 1 heterocycles. The predicted octanol–water partition coefficient (Wildman–Crippen LogP) is 2.08. The molecule has 0 radical (unpaired) electrons. The van der Waals surface area contributed by atoms with Crippen molar-refractivity contribution < 1.29 is 9.13 Å². The number of thiocarbonyl (C=S) groups is 1. The first kappa shape index (κ1) is 13.2. The van der Waals surface area contributed by atoms with Crippen LogP contribution >= 0.6 is 12.2 Å². The molecule has 2 N–H and O–H groups in total. The average molecular weight is 268 g/mol. The Morgan fingerprint density at radius 2 is 2.22 bits per heavy atom. The summed E-state index contributed by atoms with van der Waals surface area (Å²) in [7, 11) is 0. The molecule has 0 atom stereocenters. The Bertz CT molecular complexity index is 476. The van der Waals surface area contributed by atoms with Crippen LogP contribution < -0.4 is 10.6 Å². The van der Waals surface area contributed by atoms with E-state index in [-0.39, 0.29) is 16.3 Å². The van der Waals surface area contributed by atoms with E-state index in [4.69, 9.17) is 22.7 Å². The molecule has 0 unspecified atom stereocenters. The topological polar surface area (TPSA) is 38.5 Å². The Hall–Kier alpha value is -1.20. The molecule has 98 valence electrons. The summed E-state index contributed by atoms with van der Waals surface area (Å²) < 4.78 is 19.3. The molecular formula is C13H17FN2OS. The van der Waals surface area contributed by atoms with Crippen molar-refractivity contribution in [2.24, 2.45) is 5.73 Å². The Balaban J connectivity index is 2.50. The Labute approximate surface area is 112 Å². The molecule has 18 heavy (non-hydrogen) atoms. The molecule has 3 nitrogen and oxygen atoms in total. The Morgan fingerprint density at radius 3 is 2.83 bits per heavy atom. The summed E-state index contributed by atoms with van der Waals surface area (Å²) in [5.74, 6) is -0.373. The van der Waals surface area contributed by atoms with E-state index >= 15 is 0 Å². The van der Waals surface area contributed by atoms with Crippen LogP contribution in [0, 0.1) is 5.82 Å². The minimum absolute atomic E-state index is 0.0883. The van der Waals surface area contributed by atoms with E-state index in [9.17, 15) is 4.39 Å². The van der Waals surface area contributed by atoms with Crippen molar-refractivity contribution in [3.63, 3.8) is 0 Å². The monoisotopic (exact) mass is 268 g/mol. The van der Waals surface area contributed by atoms with Crippen LogP contribution in [0.3, 0.4) is 0 Å². The van der Waals surface area contributed by atoms with Gasteiger partial charge in [-0.3, -0.25) is 0 Å². The highest BCUT2D eigenvalue weighted by atomic mass is 32.1. The van der Waals surface area contributed by atoms with Gasteiger partial charge < -0.3 is 15.4 Å². The maximum Gasteiger partial charge on any atom is 0.135 e. The van der Waals surface area contributed by atoms with Gasteiger partial charge >= 0.3 is 0 Å². The van der Waals surface area contributed by atoms with Gasteiger partial charge in [0, 0.05) is 6.54 Å². The largest absolute Gasteiger partial charge is 0.389 e. The van der Waals surface area contributed by atoms with Crippen molar-refractivity contribution in [2.45, 2.75) is 19.4 Å².